The summed E-state index contributed by atoms with van der Waals surface area (Å²) in [5.74, 6) is -0.435. The number of para-hydroxylation sites is 1. The third-order valence-corrected chi connectivity index (χ3v) is 4.08. The van der Waals surface area contributed by atoms with Crippen molar-refractivity contribution in [3.63, 3.8) is 0 Å². The SMILES string of the molecule is O=C(Cc1ccccc1)NC(=S)Nc1cccc(C(=O)Nc2ccccc2)c1. The Balaban J connectivity index is 1.57. The molecular formula is C22H19N3O2S. The maximum atomic E-state index is 12.4. The summed E-state index contributed by atoms with van der Waals surface area (Å²) in [6.07, 6.45) is 0.238. The van der Waals surface area contributed by atoms with Gasteiger partial charge in [-0.2, -0.15) is 0 Å². The van der Waals surface area contributed by atoms with Crippen LogP contribution in [0.4, 0.5) is 11.4 Å². The molecule has 3 aromatic rings. The zero-order valence-corrected chi connectivity index (χ0v) is 15.8. The van der Waals surface area contributed by atoms with Gasteiger partial charge in [-0.15, -0.1) is 0 Å². The van der Waals surface area contributed by atoms with Gasteiger partial charge in [-0.3, -0.25) is 9.59 Å². The number of carbonyl (C=O) groups excluding carboxylic acids is 2. The fourth-order valence-corrected chi connectivity index (χ4v) is 2.81. The van der Waals surface area contributed by atoms with Crippen molar-refractivity contribution in [1.29, 1.82) is 0 Å². The quantitative estimate of drug-likeness (QED) is 0.577. The molecule has 0 heterocycles. The van der Waals surface area contributed by atoms with Gasteiger partial charge in [0.05, 0.1) is 6.42 Å². The Hall–Kier alpha value is -3.51. The second-order valence-electron chi connectivity index (χ2n) is 6.07. The van der Waals surface area contributed by atoms with Gasteiger partial charge in [0.2, 0.25) is 5.91 Å². The Labute approximate surface area is 168 Å². The van der Waals surface area contributed by atoms with Crippen LogP contribution >= 0.6 is 12.2 Å². The lowest BCUT2D eigenvalue weighted by Gasteiger charge is -2.11. The number of rotatable bonds is 5. The van der Waals surface area contributed by atoms with Crippen molar-refractivity contribution in [3.8, 4) is 0 Å². The minimum Gasteiger partial charge on any atom is -0.332 e. The maximum absolute atomic E-state index is 12.4. The largest absolute Gasteiger partial charge is 0.332 e. The molecule has 0 aliphatic heterocycles. The summed E-state index contributed by atoms with van der Waals surface area (Å²) in [6, 6.07) is 25.5. The summed E-state index contributed by atoms with van der Waals surface area (Å²) in [4.78, 5) is 24.5. The van der Waals surface area contributed by atoms with Gasteiger partial charge < -0.3 is 16.0 Å². The third-order valence-electron chi connectivity index (χ3n) is 3.87. The molecule has 3 rings (SSSR count). The van der Waals surface area contributed by atoms with Crippen molar-refractivity contribution in [1.82, 2.24) is 5.32 Å². The summed E-state index contributed by atoms with van der Waals surface area (Å²) in [6.45, 7) is 0. The van der Waals surface area contributed by atoms with Crippen LogP contribution in [0.15, 0.2) is 84.9 Å². The molecule has 3 aromatic carbocycles. The van der Waals surface area contributed by atoms with Crippen LogP contribution in [0, 0.1) is 0 Å². The lowest BCUT2D eigenvalue weighted by atomic mass is 10.1. The fraction of sp³-hybridized carbons (Fsp3) is 0.0455. The van der Waals surface area contributed by atoms with Gasteiger partial charge in [-0.1, -0.05) is 54.6 Å². The molecule has 0 fully saturated rings. The first-order valence-electron chi connectivity index (χ1n) is 8.71. The van der Waals surface area contributed by atoms with Crippen molar-refractivity contribution >= 4 is 40.5 Å². The number of hydrogen-bond acceptors (Lipinski definition) is 3. The van der Waals surface area contributed by atoms with Crippen LogP contribution in [0.1, 0.15) is 15.9 Å². The summed E-state index contributed by atoms with van der Waals surface area (Å²) in [5, 5.41) is 8.59. The number of amides is 2. The van der Waals surface area contributed by atoms with E-state index in [-0.39, 0.29) is 23.3 Å². The van der Waals surface area contributed by atoms with E-state index >= 15 is 0 Å². The number of benzene rings is 3. The Morgan fingerprint density at radius 2 is 1.39 bits per heavy atom. The molecule has 0 saturated carbocycles. The monoisotopic (exact) mass is 389 g/mol. The number of nitrogens with one attached hydrogen (secondary N) is 3. The molecule has 5 nitrogen and oxygen atoms in total. The highest BCUT2D eigenvalue weighted by molar-refractivity contribution is 7.80. The molecule has 0 bridgehead atoms. The molecule has 0 unspecified atom stereocenters. The lowest BCUT2D eigenvalue weighted by Crippen LogP contribution is -2.35. The molecule has 0 aliphatic rings. The summed E-state index contributed by atoms with van der Waals surface area (Å²) < 4.78 is 0. The van der Waals surface area contributed by atoms with Crippen molar-refractivity contribution in [2.45, 2.75) is 6.42 Å². The Bertz CT molecular complexity index is 975. The van der Waals surface area contributed by atoms with Gasteiger partial charge in [0.25, 0.3) is 5.91 Å². The van der Waals surface area contributed by atoms with E-state index in [0.717, 1.165) is 11.3 Å². The molecule has 0 atom stereocenters. The summed E-state index contributed by atoms with van der Waals surface area (Å²) in [7, 11) is 0. The van der Waals surface area contributed by atoms with Crippen LogP contribution in [0.25, 0.3) is 0 Å². The molecular weight excluding hydrogens is 370 g/mol. The average molecular weight is 389 g/mol. The van der Waals surface area contributed by atoms with E-state index in [4.69, 9.17) is 12.2 Å². The number of hydrogen-bond donors (Lipinski definition) is 3. The second kappa shape index (κ2) is 9.43. The molecule has 3 N–H and O–H groups in total. The van der Waals surface area contributed by atoms with Gasteiger partial charge in [0, 0.05) is 16.9 Å². The molecule has 0 aromatic heterocycles. The first-order chi connectivity index (χ1) is 13.6. The number of thiocarbonyl (C=S) groups is 1. The Kier molecular flexibility index (Phi) is 6.49. The standard InChI is InChI=1S/C22H19N3O2S/c26-20(14-16-8-3-1-4-9-16)25-22(28)24-19-13-7-10-17(15-19)21(27)23-18-11-5-2-6-12-18/h1-13,15H,14H2,(H,23,27)(H2,24,25,26,28). The van der Waals surface area contributed by atoms with Crippen LogP contribution in [-0.2, 0) is 11.2 Å². The van der Waals surface area contributed by atoms with Crippen LogP contribution in [-0.4, -0.2) is 16.9 Å². The van der Waals surface area contributed by atoms with Crippen molar-refractivity contribution in [2.75, 3.05) is 10.6 Å². The van der Waals surface area contributed by atoms with E-state index in [1.165, 1.54) is 0 Å². The highest BCUT2D eigenvalue weighted by Gasteiger charge is 2.09. The second-order valence-corrected chi connectivity index (χ2v) is 6.47. The highest BCUT2D eigenvalue weighted by Crippen LogP contribution is 2.13. The van der Waals surface area contributed by atoms with Crippen molar-refractivity contribution < 1.29 is 9.59 Å². The highest BCUT2D eigenvalue weighted by atomic mass is 32.1. The van der Waals surface area contributed by atoms with Crippen LogP contribution in [0.3, 0.4) is 0 Å². The molecule has 28 heavy (non-hydrogen) atoms. The number of anilines is 2. The van der Waals surface area contributed by atoms with Crippen LogP contribution < -0.4 is 16.0 Å². The van der Waals surface area contributed by atoms with Crippen molar-refractivity contribution in [3.05, 3.63) is 96.1 Å². The first-order valence-corrected chi connectivity index (χ1v) is 9.12. The fourth-order valence-electron chi connectivity index (χ4n) is 2.58. The minimum absolute atomic E-state index is 0.182. The van der Waals surface area contributed by atoms with E-state index in [9.17, 15) is 9.59 Å². The molecule has 0 saturated heterocycles. The van der Waals surface area contributed by atoms with Gasteiger partial charge in [-0.05, 0) is 48.1 Å². The van der Waals surface area contributed by atoms with E-state index in [1.54, 1.807) is 24.3 Å². The smallest absolute Gasteiger partial charge is 0.255 e. The molecule has 2 amide bonds. The normalized spacial score (nSPS) is 10.0. The number of carbonyl (C=O) groups is 2. The zero-order chi connectivity index (χ0) is 19.8. The Morgan fingerprint density at radius 1 is 0.750 bits per heavy atom. The van der Waals surface area contributed by atoms with E-state index < -0.39 is 0 Å². The first kappa shape index (κ1) is 19.3. The lowest BCUT2D eigenvalue weighted by molar-refractivity contribution is -0.119. The van der Waals surface area contributed by atoms with Crippen molar-refractivity contribution in [2.24, 2.45) is 0 Å². The van der Waals surface area contributed by atoms with Gasteiger partial charge in [-0.25, -0.2) is 0 Å². The predicted octanol–water partition coefficient (Wildman–Crippen LogP) is 3.99. The third kappa shape index (κ3) is 5.75. The van der Waals surface area contributed by atoms with E-state index in [0.29, 0.717) is 11.3 Å². The minimum atomic E-state index is -0.228. The maximum Gasteiger partial charge on any atom is 0.255 e. The van der Waals surface area contributed by atoms with Crippen LogP contribution in [0.2, 0.25) is 0 Å². The van der Waals surface area contributed by atoms with E-state index in [1.807, 2.05) is 60.7 Å². The van der Waals surface area contributed by atoms with Crippen LogP contribution in [0.5, 0.6) is 0 Å². The average Bonchev–Trinajstić information content (AvgIpc) is 2.69. The predicted molar refractivity (Wildman–Crippen MR) is 115 cm³/mol. The molecule has 0 spiro atoms. The van der Waals surface area contributed by atoms with Gasteiger partial charge in [0.15, 0.2) is 5.11 Å². The summed E-state index contributed by atoms with van der Waals surface area (Å²) in [5.41, 5.74) is 2.72. The van der Waals surface area contributed by atoms with Gasteiger partial charge >= 0.3 is 0 Å². The van der Waals surface area contributed by atoms with Gasteiger partial charge in [0.1, 0.15) is 0 Å². The molecule has 6 heteroatoms. The molecule has 0 aliphatic carbocycles. The zero-order valence-electron chi connectivity index (χ0n) is 15.0. The van der Waals surface area contributed by atoms with E-state index in [2.05, 4.69) is 16.0 Å². The molecule has 0 radical (unpaired) electrons. The molecule has 140 valence electrons. The Morgan fingerprint density at radius 3 is 2.11 bits per heavy atom. The summed E-state index contributed by atoms with van der Waals surface area (Å²) >= 11 is 5.20. The topological polar surface area (TPSA) is 70.2 Å².